The Balaban J connectivity index is 1.19. The van der Waals surface area contributed by atoms with Crippen LogP contribution in [0.1, 0.15) is 93.4 Å². The molecule has 0 bridgehead atoms. The third kappa shape index (κ3) is 24.6. The summed E-state index contributed by atoms with van der Waals surface area (Å²) in [5.41, 5.74) is 2.22. The van der Waals surface area contributed by atoms with Gasteiger partial charge in [-0.05, 0) is 61.4 Å². The van der Waals surface area contributed by atoms with Crippen molar-refractivity contribution in [2.45, 2.75) is 96.3 Å². The molecule has 2 aliphatic rings. The number of phenolic OH excluding ortho intramolecular Hbond substituents is 2. The molecule has 0 unspecified atom stereocenters. The van der Waals surface area contributed by atoms with E-state index in [2.05, 4.69) is 41.7 Å². The van der Waals surface area contributed by atoms with E-state index >= 15 is 0 Å². The van der Waals surface area contributed by atoms with Gasteiger partial charge in [-0.3, -0.25) is 86.6 Å². The quantitative estimate of drug-likeness (QED) is 0.0310. The molecule has 93 heavy (non-hydrogen) atoms. The van der Waals surface area contributed by atoms with Gasteiger partial charge in [0.1, 0.15) is 29.6 Å². The molecule has 2 saturated heterocycles. The van der Waals surface area contributed by atoms with Crippen molar-refractivity contribution in [3.05, 3.63) is 53.3 Å². The van der Waals surface area contributed by atoms with Gasteiger partial charge in [0.25, 0.3) is 5.91 Å². The zero-order valence-electron chi connectivity index (χ0n) is 52.2. The van der Waals surface area contributed by atoms with Gasteiger partial charge in [-0.2, -0.15) is 0 Å². The number of piperazine rings is 1. The predicted octanol–water partition coefficient (Wildman–Crippen LogP) is -2.11. The average molecular weight is 1310 g/mol. The predicted molar refractivity (Wildman–Crippen MR) is 327 cm³/mol. The fourth-order valence-corrected chi connectivity index (χ4v) is 10.4. The Morgan fingerprint density at radius 3 is 1.38 bits per heavy atom. The summed E-state index contributed by atoms with van der Waals surface area (Å²) in [6, 6.07) is 5.08. The van der Waals surface area contributed by atoms with Gasteiger partial charge < -0.3 is 72.3 Å². The summed E-state index contributed by atoms with van der Waals surface area (Å²) < 4.78 is 1.52. The molecule has 13 N–H and O–H groups in total. The average Bonchev–Trinajstić information content (AvgIpc) is 1.68. The minimum atomic E-state index is -1.76. The lowest BCUT2D eigenvalue weighted by atomic mass is 9.98. The van der Waals surface area contributed by atoms with Crippen LogP contribution in [0, 0.1) is 0 Å². The molecule has 0 radical (unpaired) electrons. The van der Waals surface area contributed by atoms with Crippen LogP contribution in [-0.2, 0) is 59.3 Å². The number of carbonyl (C=O) groups is 12. The Kier molecular flexibility index (Phi) is 29.3. The van der Waals surface area contributed by atoms with Crippen LogP contribution in [0.5, 0.6) is 11.5 Å². The molecular weight excluding hydrogens is 1220 g/mol. The van der Waals surface area contributed by atoms with Crippen LogP contribution in [0.2, 0.25) is 0 Å². The summed E-state index contributed by atoms with van der Waals surface area (Å²) in [5.74, 6) is -12.9. The van der Waals surface area contributed by atoms with Crippen molar-refractivity contribution >= 4 is 71.3 Å². The topological polar surface area (TPSA) is 477 Å². The molecule has 3 atom stereocenters. The monoisotopic (exact) mass is 1310 g/mol. The first-order chi connectivity index (χ1) is 44.1. The van der Waals surface area contributed by atoms with Gasteiger partial charge in [-0.25, -0.2) is 0 Å². The van der Waals surface area contributed by atoms with E-state index in [-0.39, 0.29) is 106 Å². The summed E-state index contributed by atoms with van der Waals surface area (Å²) in [4.78, 5) is 162. The fourth-order valence-electron chi connectivity index (χ4n) is 10.4. The molecule has 0 spiro atoms. The molecule has 0 aliphatic carbocycles. The smallest absolute Gasteiger partial charge is 0.317 e. The summed E-state index contributed by atoms with van der Waals surface area (Å²) >= 11 is 0. The minimum absolute atomic E-state index is 0.00806. The molecule has 34 nitrogen and oxygen atoms in total. The van der Waals surface area contributed by atoms with E-state index < -0.39 is 148 Å². The number of nitrogens with zero attached hydrogens (tertiary/aromatic N) is 9. The molecular formula is C59H84N14O20. The Hall–Kier alpha value is -9.38. The number of carboxylic acid groups (broad SMARTS) is 6. The van der Waals surface area contributed by atoms with Gasteiger partial charge in [-0.15, -0.1) is 10.2 Å². The number of aromatic hydroxyl groups is 2. The highest BCUT2D eigenvalue weighted by Crippen LogP contribution is 2.38. The molecule has 510 valence electrons. The Labute approximate surface area is 534 Å². The Bertz CT molecular complexity index is 3100. The summed E-state index contributed by atoms with van der Waals surface area (Å²) in [7, 11) is 0. The summed E-state index contributed by atoms with van der Waals surface area (Å²) in [5, 5.41) is 99.6. The number of hydrogen-bond acceptors (Lipinski definition) is 21. The minimum Gasteiger partial charge on any atom is -0.508 e. The first-order valence-corrected chi connectivity index (χ1v) is 30.4. The molecule has 1 aromatic heterocycles. The summed E-state index contributed by atoms with van der Waals surface area (Å²) in [6.07, 6.45) is -3.90. The van der Waals surface area contributed by atoms with Gasteiger partial charge >= 0.3 is 35.8 Å². The van der Waals surface area contributed by atoms with Crippen molar-refractivity contribution in [2.75, 3.05) is 118 Å². The maximum absolute atomic E-state index is 14.0. The van der Waals surface area contributed by atoms with Crippen LogP contribution in [0.25, 0.3) is 17.1 Å². The standard InChI is InChI=1S/C59H84N14O20/c1-4-60-59(93)55-66-65-54(40-29-39(36(2)3)44(74)30-45(40)75)73(55)38-7-5-37(6-8-38)31-67-25-27-72(28-26-67)47(77)15-16-61-56(90)41(9-12-48(78)79)63-58(92)43(11-14-50(82)83)64-57(91)42(10-13-49(80)81)62-46(76)32-68-17-19-69(33-51(84)85)21-23-71(35-53(88)89)24-22-70(20-18-68)34-52(86)87/h5-8,29-30,36,41-43,74-75H,4,9-28,31-35H2,1-3H3,(H,60,93)(H,61,90)(H,62,76)(H,63,92)(H,64,91)(H,78,79)(H,80,81)(H,82,83)(H,84,85)(H,86,87)(H,88,89)/t41-,42-,43-/m1/s1. The molecule has 34 heteroatoms. The Morgan fingerprint density at radius 2 is 0.935 bits per heavy atom. The third-order valence-electron chi connectivity index (χ3n) is 15.4. The van der Waals surface area contributed by atoms with Crippen molar-refractivity contribution in [2.24, 2.45) is 0 Å². The van der Waals surface area contributed by atoms with Crippen molar-refractivity contribution in [1.29, 1.82) is 0 Å². The van der Waals surface area contributed by atoms with Crippen molar-refractivity contribution < 1.29 is 98.4 Å². The number of rotatable bonds is 33. The molecule has 6 amide bonds. The van der Waals surface area contributed by atoms with E-state index in [0.29, 0.717) is 50.5 Å². The first-order valence-electron chi connectivity index (χ1n) is 30.4. The molecule has 2 aliphatic heterocycles. The van der Waals surface area contributed by atoms with Crippen LogP contribution < -0.4 is 26.6 Å². The van der Waals surface area contributed by atoms with Crippen LogP contribution in [0.3, 0.4) is 0 Å². The lowest BCUT2D eigenvalue weighted by Crippen LogP contribution is -2.57. The normalized spacial score (nSPS) is 15.9. The second-order valence-corrected chi connectivity index (χ2v) is 22.8. The molecule has 2 fully saturated rings. The SMILES string of the molecule is CCNC(=O)c1nnc(-c2cc(C(C)C)c(O)cc2O)n1-c1ccc(CN2CCN(C(=O)CCNC(=O)[C@@H](CCC(=O)O)NC(=O)[C@@H](CCC(=O)O)NC(=O)[C@@H](CCC(=O)O)NC(=O)CN3CCN(CC(=O)O)CCN(CC(=O)O)CCN(CC(=O)O)CC3)CC2)cc1. The highest BCUT2D eigenvalue weighted by molar-refractivity contribution is 5.95. The second-order valence-electron chi connectivity index (χ2n) is 22.8. The summed E-state index contributed by atoms with van der Waals surface area (Å²) in [6.45, 7) is 6.33. The maximum Gasteiger partial charge on any atom is 0.317 e. The van der Waals surface area contributed by atoms with E-state index in [0.717, 1.165) is 5.56 Å². The van der Waals surface area contributed by atoms with Crippen LogP contribution in [0.4, 0.5) is 0 Å². The number of phenols is 2. The molecule has 3 heterocycles. The number of hydrogen-bond donors (Lipinski definition) is 13. The first kappa shape index (κ1) is 74.3. The number of amides is 6. The van der Waals surface area contributed by atoms with Gasteiger partial charge in [0.05, 0.1) is 31.7 Å². The lowest BCUT2D eigenvalue weighted by molar-refractivity contribution is -0.140. The zero-order chi connectivity index (χ0) is 68.5. The maximum atomic E-state index is 14.0. The molecule has 5 rings (SSSR count). The number of aromatic nitrogens is 3. The molecule has 0 saturated carbocycles. The number of carbonyl (C=O) groups excluding carboxylic acids is 6. The number of carboxylic acids is 6. The lowest BCUT2D eigenvalue weighted by Gasteiger charge is -2.35. The third-order valence-corrected chi connectivity index (χ3v) is 15.4. The van der Waals surface area contributed by atoms with E-state index in [1.165, 1.54) is 20.4 Å². The molecule has 2 aromatic carbocycles. The highest BCUT2D eigenvalue weighted by atomic mass is 16.4. The number of nitrogens with one attached hydrogen (secondary N) is 5. The largest absolute Gasteiger partial charge is 0.508 e. The van der Waals surface area contributed by atoms with Crippen LogP contribution in [0.15, 0.2) is 36.4 Å². The van der Waals surface area contributed by atoms with Crippen molar-refractivity contribution in [3.8, 4) is 28.6 Å². The Morgan fingerprint density at radius 1 is 0.495 bits per heavy atom. The highest BCUT2D eigenvalue weighted by Gasteiger charge is 2.33. The zero-order valence-corrected chi connectivity index (χ0v) is 52.2. The van der Waals surface area contributed by atoms with Crippen molar-refractivity contribution in [1.82, 2.24) is 70.7 Å². The van der Waals surface area contributed by atoms with E-state index in [1.54, 1.807) is 39.8 Å². The van der Waals surface area contributed by atoms with Gasteiger partial charge in [0.15, 0.2) is 5.82 Å². The number of aliphatic carboxylic acids is 6. The number of benzene rings is 2. The van der Waals surface area contributed by atoms with Gasteiger partial charge in [0.2, 0.25) is 35.4 Å². The van der Waals surface area contributed by atoms with E-state index in [1.807, 2.05) is 26.0 Å². The van der Waals surface area contributed by atoms with Crippen LogP contribution >= 0.6 is 0 Å². The van der Waals surface area contributed by atoms with Crippen molar-refractivity contribution in [3.63, 3.8) is 0 Å². The van der Waals surface area contributed by atoms with E-state index in [4.69, 9.17) is 0 Å². The fraction of sp³-hybridized carbons (Fsp3) is 0.559. The van der Waals surface area contributed by atoms with E-state index in [9.17, 15) is 98.4 Å². The second kappa shape index (κ2) is 36.6. The van der Waals surface area contributed by atoms with Gasteiger partial charge in [0, 0.05) is 136 Å². The molecule has 3 aromatic rings. The van der Waals surface area contributed by atoms with Gasteiger partial charge in [-0.1, -0.05) is 26.0 Å². The van der Waals surface area contributed by atoms with Crippen LogP contribution in [-0.4, -0.2) is 292 Å².